The first-order valence-corrected chi connectivity index (χ1v) is 9.53. The predicted octanol–water partition coefficient (Wildman–Crippen LogP) is 2.79. The molecule has 1 aromatic heterocycles. The topological polar surface area (TPSA) is 57.5 Å². The van der Waals surface area contributed by atoms with Crippen molar-refractivity contribution in [3.63, 3.8) is 0 Å². The van der Waals surface area contributed by atoms with E-state index in [1.165, 1.54) is 37.7 Å². The van der Waals surface area contributed by atoms with Crippen LogP contribution in [0.25, 0.3) is 0 Å². The van der Waals surface area contributed by atoms with Gasteiger partial charge in [-0.25, -0.2) is 0 Å². The Morgan fingerprint density at radius 1 is 1.20 bits per heavy atom. The van der Waals surface area contributed by atoms with Gasteiger partial charge in [0.1, 0.15) is 0 Å². The van der Waals surface area contributed by atoms with Gasteiger partial charge in [0.25, 0.3) is 0 Å². The van der Waals surface area contributed by atoms with Crippen molar-refractivity contribution in [1.29, 1.82) is 0 Å². The minimum absolute atomic E-state index is 0.267. The fourth-order valence-electron chi connectivity index (χ4n) is 2.86. The molecule has 0 saturated carbocycles. The molecule has 6 nitrogen and oxygen atoms in total. The van der Waals surface area contributed by atoms with Gasteiger partial charge in [0.2, 0.25) is 0 Å². The molecule has 0 aliphatic heterocycles. The van der Waals surface area contributed by atoms with Gasteiger partial charge < -0.3 is 15.5 Å². The van der Waals surface area contributed by atoms with E-state index in [9.17, 15) is 0 Å². The molecular weight excluding hydrogens is 312 g/mol. The molecule has 2 N–H and O–H groups in total. The number of aryl methyl sites for hydroxylation is 1. The highest BCUT2D eigenvalue weighted by molar-refractivity contribution is 5.79. The van der Waals surface area contributed by atoms with Crippen LogP contribution in [0.5, 0.6) is 0 Å². The average molecular weight is 351 g/mol. The molecule has 1 rings (SSSR count). The molecule has 0 aliphatic rings. The van der Waals surface area contributed by atoms with Gasteiger partial charge in [-0.2, -0.15) is 5.10 Å². The minimum Gasteiger partial charge on any atom is -0.356 e. The molecule has 25 heavy (non-hydrogen) atoms. The summed E-state index contributed by atoms with van der Waals surface area (Å²) in [4.78, 5) is 6.53. The number of nitrogens with zero attached hydrogens (tertiary/aromatic N) is 4. The van der Waals surface area contributed by atoms with Crippen LogP contribution in [-0.4, -0.2) is 54.9 Å². The molecule has 0 bridgehead atoms. The monoisotopic (exact) mass is 350 g/mol. The highest BCUT2D eigenvalue weighted by Crippen LogP contribution is 2.16. The summed E-state index contributed by atoms with van der Waals surface area (Å²) in [7, 11) is 7.96. The molecule has 0 amide bonds. The number of likely N-dealkylation sites (N-methyl/N-ethyl adjacent to an activating group) is 1. The third-order valence-electron chi connectivity index (χ3n) is 4.42. The fourth-order valence-corrected chi connectivity index (χ4v) is 2.86. The molecule has 1 aromatic rings. The Labute approximate surface area is 154 Å². The van der Waals surface area contributed by atoms with E-state index < -0.39 is 0 Å². The number of aromatic nitrogens is 2. The average Bonchev–Trinajstić information content (AvgIpc) is 2.97. The number of aliphatic imine (C=N–C) groups is 1. The number of unbranched alkanes of at least 4 members (excludes halogenated alkanes) is 3. The van der Waals surface area contributed by atoms with E-state index in [-0.39, 0.29) is 6.04 Å². The van der Waals surface area contributed by atoms with Crippen LogP contribution in [0.4, 0.5) is 0 Å². The van der Waals surface area contributed by atoms with E-state index in [1.807, 2.05) is 25.0 Å². The largest absolute Gasteiger partial charge is 0.356 e. The number of hydrogen-bond acceptors (Lipinski definition) is 3. The molecule has 6 heteroatoms. The van der Waals surface area contributed by atoms with Crippen LogP contribution >= 0.6 is 0 Å². The Morgan fingerprint density at radius 3 is 2.48 bits per heavy atom. The van der Waals surface area contributed by atoms with Gasteiger partial charge in [0, 0.05) is 38.9 Å². The normalized spacial score (nSPS) is 13.5. The van der Waals surface area contributed by atoms with Gasteiger partial charge in [-0.05, 0) is 26.4 Å². The lowest BCUT2D eigenvalue weighted by atomic mass is 10.0. The Bertz CT molecular complexity index is 492. The van der Waals surface area contributed by atoms with Crippen LogP contribution in [0.15, 0.2) is 17.4 Å². The van der Waals surface area contributed by atoms with E-state index in [1.54, 1.807) is 0 Å². The van der Waals surface area contributed by atoms with Crippen molar-refractivity contribution >= 4 is 5.96 Å². The van der Waals surface area contributed by atoms with Gasteiger partial charge in [-0.15, -0.1) is 0 Å². The van der Waals surface area contributed by atoms with Crippen molar-refractivity contribution in [2.45, 2.75) is 52.0 Å². The lowest BCUT2D eigenvalue weighted by Gasteiger charge is -2.24. The number of hydrogen-bond donors (Lipinski definition) is 2. The van der Waals surface area contributed by atoms with Gasteiger partial charge >= 0.3 is 0 Å². The lowest BCUT2D eigenvalue weighted by molar-refractivity contribution is 0.298. The molecule has 1 heterocycles. The summed E-state index contributed by atoms with van der Waals surface area (Å²) in [6.45, 7) is 6.36. The number of rotatable bonds is 11. The molecule has 0 saturated heterocycles. The molecule has 1 unspecified atom stereocenters. The highest BCUT2D eigenvalue weighted by Gasteiger charge is 2.16. The van der Waals surface area contributed by atoms with Gasteiger partial charge in [-0.3, -0.25) is 9.67 Å². The fraction of sp³-hybridized carbons (Fsp3) is 0.789. The summed E-state index contributed by atoms with van der Waals surface area (Å²) in [6, 6.07) is 0.267. The van der Waals surface area contributed by atoms with Crippen molar-refractivity contribution in [2.75, 3.05) is 34.2 Å². The molecule has 144 valence electrons. The summed E-state index contributed by atoms with van der Waals surface area (Å²) in [5, 5.41) is 11.1. The van der Waals surface area contributed by atoms with Crippen molar-refractivity contribution in [1.82, 2.24) is 25.3 Å². The van der Waals surface area contributed by atoms with Crippen LogP contribution in [-0.2, 0) is 7.05 Å². The van der Waals surface area contributed by atoms with Crippen molar-refractivity contribution in [3.05, 3.63) is 18.0 Å². The van der Waals surface area contributed by atoms with Crippen molar-refractivity contribution < 1.29 is 0 Å². The highest BCUT2D eigenvalue weighted by atomic mass is 15.3. The zero-order valence-electron chi connectivity index (χ0n) is 17.0. The quantitative estimate of drug-likeness (QED) is 0.366. The van der Waals surface area contributed by atoms with Gasteiger partial charge in [0.15, 0.2) is 5.96 Å². The molecule has 0 aromatic carbocycles. The first kappa shape index (κ1) is 21.5. The zero-order valence-corrected chi connectivity index (χ0v) is 17.0. The van der Waals surface area contributed by atoms with E-state index >= 15 is 0 Å². The van der Waals surface area contributed by atoms with E-state index in [0.29, 0.717) is 0 Å². The van der Waals surface area contributed by atoms with Crippen LogP contribution < -0.4 is 10.6 Å². The molecular formula is C19H38N6. The van der Waals surface area contributed by atoms with Crippen molar-refractivity contribution in [3.8, 4) is 0 Å². The van der Waals surface area contributed by atoms with E-state index in [4.69, 9.17) is 0 Å². The molecule has 1 atom stereocenters. The van der Waals surface area contributed by atoms with Crippen LogP contribution in [0.2, 0.25) is 0 Å². The smallest absolute Gasteiger partial charge is 0.191 e. The van der Waals surface area contributed by atoms with Crippen molar-refractivity contribution in [2.24, 2.45) is 18.0 Å². The van der Waals surface area contributed by atoms with Gasteiger partial charge in [-0.1, -0.05) is 39.5 Å². The van der Waals surface area contributed by atoms with Crippen LogP contribution in [0.3, 0.4) is 0 Å². The predicted molar refractivity (Wildman–Crippen MR) is 107 cm³/mol. The van der Waals surface area contributed by atoms with E-state index in [2.05, 4.69) is 59.8 Å². The van der Waals surface area contributed by atoms with E-state index in [0.717, 1.165) is 25.0 Å². The maximum Gasteiger partial charge on any atom is 0.191 e. The summed E-state index contributed by atoms with van der Waals surface area (Å²) in [5.74, 6) is 1.70. The second-order valence-corrected chi connectivity index (χ2v) is 7.40. The Kier molecular flexibility index (Phi) is 10.2. The summed E-state index contributed by atoms with van der Waals surface area (Å²) in [6.07, 6.45) is 10.5. The Balaban J connectivity index is 2.28. The Hall–Kier alpha value is -1.56. The van der Waals surface area contributed by atoms with Gasteiger partial charge in [0.05, 0.1) is 12.2 Å². The van der Waals surface area contributed by atoms with Crippen LogP contribution in [0, 0.1) is 5.92 Å². The standard InChI is InChI=1S/C19H38N6/c1-16(2)11-9-7-8-10-12-21-19(20-3)22-14-18(24(4)5)17-13-23-25(6)15-17/h13,15-16,18H,7-12,14H2,1-6H3,(H2,20,21,22). The summed E-state index contributed by atoms with van der Waals surface area (Å²) < 4.78 is 1.85. The summed E-state index contributed by atoms with van der Waals surface area (Å²) in [5.41, 5.74) is 1.21. The SMILES string of the molecule is CN=C(NCCCCCCC(C)C)NCC(c1cnn(C)c1)N(C)C. The lowest BCUT2D eigenvalue weighted by Crippen LogP contribution is -2.42. The second kappa shape index (κ2) is 11.9. The minimum atomic E-state index is 0.267. The molecule has 0 aliphatic carbocycles. The number of nitrogens with one attached hydrogen (secondary N) is 2. The first-order valence-electron chi connectivity index (χ1n) is 9.53. The molecule has 0 fully saturated rings. The Morgan fingerprint density at radius 2 is 1.92 bits per heavy atom. The number of guanidine groups is 1. The first-order chi connectivity index (χ1) is 11.9. The zero-order chi connectivity index (χ0) is 18.7. The van der Waals surface area contributed by atoms with Crippen LogP contribution in [0.1, 0.15) is 57.6 Å². The maximum absolute atomic E-state index is 4.33. The molecule has 0 radical (unpaired) electrons. The third kappa shape index (κ3) is 8.91. The maximum atomic E-state index is 4.33. The molecule has 0 spiro atoms. The second-order valence-electron chi connectivity index (χ2n) is 7.40. The third-order valence-corrected chi connectivity index (χ3v) is 4.42. The summed E-state index contributed by atoms with van der Waals surface area (Å²) >= 11 is 0.